The van der Waals surface area contributed by atoms with Gasteiger partial charge >= 0.3 is 0 Å². The highest BCUT2D eigenvalue weighted by Gasteiger charge is 2.45. The summed E-state index contributed by atoms with van der Waals surface area (Å²) in [5, 5.41) is 2.27. The lowest BCUT2D eigenvalue weighted by Crippen LogP contribution is -2.34. The molecule has 0 amide bonds. The molecule has 0 saturated heterocycles. The van der Waals surface area contributed by atoms with Gasteiger partial charge in [-0.05, 0) is 126 Å². The molecular formula is C48H36N2OS. The second-order valence-electron chi connectivity index (χ2n) is 13.6. The maximum absolute atomic E-state index is 6.93. The van der Waals surface area contributed by atoms with Crippen LogP contribution in [0.25, 0.3) is 33.2 Å². The summed E-state index contributed by atoms with van der Waals surface area (Å²) < 4.78 is 6.93. The Bertz CT molecular complexity index is 2560. The lowest BCUT2D eigenvalue weighted by Gasteiger charge is -2.40. The van der Waals surface area contributed by atoms with E-state index in [0.717, 1.165) is 50.3 Å². The van der Waals surface area contributed by atoms with Gasteiger partial charge in [0.15, 0.2) is 0 Å². The van der Waals surface area contributed by atoms with Gasteiger partial charge in [-0.3, -0.25) is 9.97 Å². The zero-order valence-electron chi connectivity index (χ0n) is 29.3. The van der Waals surface area contributed by atoms with E-state index in [1.165, 1.54) is 43.2 Å². The fourth-order valence-corrected chi connectivity index (χ4v) is 9.26. The lowest BCUT2D eigenvalue weighted by atomic mass is 9.66. The van der Waals surface area contributed by atoms with Crippen LogP contribution < -0.4 is 4.74 Å². The van der Waals surface area contributed by atoms with Gasteiger partial charge in [-0.2, -0.15) is 0 Å². The highest BCUT2D eigenvalue weighted by Crippen LogP contribution is 2.55. The van der Waals surface area contributed by atoms with Crippen LogP contribution in [-0.4, -0.2) is 9.97 Å². The molecule has 0 aliphatic carbocycles. The maximum atomic E-state index is 6.93. The molecule has 0 bridgehead atoms. The first-order valence-corrected chi connectivity index (χ1v) is 18.4. The Kier molecular flexibility index (Phi) is 7.98. The van der Waals surface area contributed by atoms with Crippen LogP contribution in [0.1, 0.15) is 39.1 Å². The third-order valence-electron chi connectivity index (χ3n) is 10.2. The molecule has 0 saturated carbocycles. The summed E-state index contributed by atoms with van der Waals surface area (Å²) in [4.78, 5) is 12.4. The molecule has 4 heteroatoms. The van der Waals surface area contributed by atoms with Crippen molar-refractivity contribution >= 4 is 22.5 Å². The second-order valence-corrected chi connectivity index (χ2v) is 14.7. The Labute approximate surface area is 309 Å². The van der Waals surface area contributed by atoms with Gasteiger partial charge in [0.2, 0.25) is 0 Å². The minimum Gasteiger partial charge on any atom is -0.457 e. The predicted octanol–water partition coefficient (Wildman–Crippen LogP) is 12.5. The molecule has 6 aromatic carbocycles. The molecule has 3 heterocycles. The first kappa shape index (κ1) is 32.0. The number of pyridine rings is 2. The van der Waals surface area contributed by atoms with E-state index < -0.39 is 5.41 Å². The molecule has 1 aliphatic rings. The van der Waals surface area contributed by atoms with Crippen molar-refractivity contribution in [3.05, 3.63) is 203 Å². The fraction of sp³-hybridized carbons (Fsp3) is 0.0833. The minimum atomic E-state index is -0.642. The quantitative estimate of drug-likeness (QED) is 0.174. The number of fused-ring (bicyclic) bond motifs is 3. The summed E-state index contributed by atoms with van der Waals surface area (Å²) in [6.07, 6.45) is 3.85. The molecule has 0 unspecified atom stereocenters. The van der Waals surface area contributed by atoms with Crippen molar-refractivity contribution in [1.29, 1.82) is 0 Å². The summed E-state index contributed by atoms with van der Waals surface area (Å²) in [7, 11) is 0. The molecule has 9 rings (SSSR count). The lowest BCUT2D eigenvalue weighted by molar-refractivity contribution is 0.481. The first-order chi connectivity index (χ1) is 25.5. The highest BCUT2D eigenvalue weighted by molar-refractivity contribution is 7.99. The summed E-state index contributed by atoms with van der Waals surface area (Å²) in [6, 6.07) is 53.8. The van der Waals surface area contributed by atoms with Gasteiger partial charge in [0.05, 0.1) is 16.8 Å². The summed E-state index contributed by atoms with van der Waals surface area (Å²) in [6.45, 7) is 6.53. The van der Waals surface area contributed by atoms with Crippen molar-refractivity contribution < 1.29 is 4.74 Å². The largest absolute Gasteiger partial charge is 0.457 e. The van der Waals surface area contributed by atoms with Crippen LogP contribution in [0.15, 0.2) is 174 Å². The topological polar surface area (TPSA) is 35.0 Å². The number of nitrogens with zero attached hydrogens (tertiary/aromatic N) is 2. The van der Waals surface area contributed by atoms with E-state index in [1.54, 1.807) is 0 Å². The van der Waals surface area contributed by atoms with Crippen LogP contribution in [0.4, 0.5) is 0 Å². The average molecular weight is 689 g/mol. The van der Waals surface area contributed by atoms with Crippen molar-refractivity contribution in [2.24, 2.45) is 0 Å². The van der Waals surface area contributed by atoms with Crippen LogP contribution >= 0.6 is 11.8 Å². The van der Waals surface area contributed by atoms with Crippen LogP contribution in [0.2, 0.25) is 0 Å². The minimum absolute atomic E-state index is 0.642. The molecule has 0 atom stereocenters. The van der Waals surface area contributed by atoms with E-state index >= 15 is 0 Å². The Morgan fingerprint density at radius 2 is 1.21 bits per heavy atom. The summed E-state index contributed by atoms with van der Waals surface area (Å²) in [5.74, 6) is 1.51. The van der Waals surface area contributed by atoms with Crippen molar-refractivity contribution in [1.82, 2.24) is 9.97 Å². The molecule has 0 radical (unpaired) electrons. The van der Waals surface area contributed by atoms with Crippen LogP contribution in [0, 0.1) is 20.8 Å². The molecule has 1 aliphatic heterocycles. The number of benzene rings is 6. The van der Waals surface area contributed by atoms with Gasteiger partial charge < -0.3 is 4.74 Å². The predicted molar refractivity (Wildman–Crippen MR) is 214 cm³/mol. The third-order valence-corrected chi connectivity index (χ3v) is 11.3. The molecule has 250 valence electrons. The van der Waals surface area contributed by atoms with Crippen LogP contribution in [0.5, 0.6) is 11.5 Å². The Morgan fingerprint density at radius 1 is 0.538 bits per heavy atom. The maximum Gasteiger partial charge on any atom is 0.128 e. The number of rotatable bonds is 6. The van der Waals surface area contributed by atoms with Gasteiger partial charge in [-0.25, -0.2) is 0 Å². The molecule has 3 nitrogen and oxygen atoms in total. The van der Waals surface area contributed by atoms with Crippen molar-refractivity contribution in [3.63, 3.8) is 0 Å². The number of hydrogen-bond acceptors (Lipinski definition) is 4. The fourth-order valence-electron chi connectivity index (χ4n) is 8.07. The van der Waals surface area contributed by atoms with Gasteiger partial charge in [0.1, 0.15) is 11.5 Å². The molecule has 52 heavy (non-hydrogen) atoms. The second kappa shape index (κ2) is 13.0. The standard InChI is InChI=1S/C48H36N2OS/c1-31-23-32(2)47(33(3)24-31)37-25-36(43-28-34-13-4-5-14-35(34)30-50-43)26-40(27-37)51-39-16-12-15-38(29-39)48(46-21-10-11-22-49-46)41-17-6-8-19-44(41)52-45-20-9-7-18-42(45)48/h4-30H,1-3H3. The first-order valence-electron chi connectivity index (χ1n) is 17.6. The van der Waals surface area contributed by atoms with Crippen molar-refractivity contribution in [3.8, 4) is 33.9 Å². The monoisotopic (exact) mass is 688 g/mol. The van der Waals surface area contributed by atoms with E-state index in [4.69, 9.17) is 14.7 Å². The zero-order valence-corrected chi connectivity index (χ0v) is 30.1. The van der Waals surface area contributed by atoms with E-state index in [0.29, 0.717) is 0 Å². The van der Waals surface area contributed by atoms with E-state index in [2.05, 4.69) is 160 Å². The number of ether oxygens (including phenoxy) is 1. The normalized spacial score (nSPS) is 13.0. The summed E-state index contributed by atoms with van der Waals surface area (Å²) in [5.41, 5.74) is 11.8. The van der Waals surface area contributed by atoms with Gasteiger partial charge in [0.25, 0.3) is 0 Å². The Hall–Kier alpha value is -5.97. The van der Waals surface area contributed by atoms with Crippen molar-refractivity contribution in [2.75, 3.05) is 0 Å². The molecule has 2 aromatic heterocycles. The molecule has 0 N–H and O–H groups in total. The number of aromatic nitrogens is 2. The average Bonchev–Trinajstić information content (AvgIpc) is 3.17. The third kappa shape index (κ3) is 5.47. The summed E-state index contributed by atoms with van der Waals surface area (Å²) >= 11 is 1.82. The van der Waals surface area contributed by atoms with Gasteiger partial charge in [0, 0.05) is 33.1 Å². The molecular weight excluding hydrogens is 653 g/mol. The van der Waals surface area contributed by atoms with Gasteiger partial charge in [-0.15, -0.1) is 0 Å². The Balaban J connectivity index is 1.22. The zero-order chi connectivity index (χ0) is 35.2. The highest BCUT2D eigenvalue weighted by atomic mass is 32.2. The van der Waals surface area contributed by atoms with Crippen LogP contribution in [0.3, 0.4) is 0 Å². The van der Waals surface area contributed by atoms with Crippen LogP contribution in [-0.2, 0) is 5.41 Å². The number of hydrogen-bond donors (Lipinski definition) is 0. The molecule has 0 spiro atoms. The number of aryl methyl sites for hydroxylation is 3. The molecule has 0 fully saturated rings. The SMILES string of the molecule is Cc1cc(C)c(-c2cc(Oc3cccc(C4(c5ccccn5)c5ccccc5Sc5ccccc54)c3)cc(-c3cc4ccccc4cn3)c2)c(C)c1. The van der Waals surface area contributed by atoms with E-state index in [-0.39, 0.29) is 0 Å². The van der Waals surface area contributed by atoms with Gasteiger partial charge in [-0.1, -0.05) is 108 Å². The molecule has 8 aromatic rings. The Morgan fingerprint density at radius 3 is 1.94 bits per heavy atom. The van der Waals surface area contributed by atoms with E-state index in [1.807, 2.05) is 36.3 Å². The smallest absolute Gasteiger partial charge is 0.128 e. The van der Waals surface area contributed by atoms with Crippen molar-refractivity contribution in [2.45, 2.75) is 36.0 Å². The van der Waals surface area contributed by atoms with E-state index in [9.17, 15) is 0 Å².